The van der Waals surface area contributed by atoms with Crippen LogP contribution in [0.3, 0.4) is 0 Å². The summed E-state index contributed by atoms with van der Waals surface area (Å²) in [6.07, 6.45) is 1.73. The van der Waals surface area contributed by atoms with Gasteiger partial charge >= 0.3 is 0 Å². The summed E-state index contributed by atoms with van der Waals surface area (Å²) in [5, 5.41) is 0.816. The number of halogens is 7. The minimum Gasteiger partial charge on any atom is -0.490 e. The summed E-state index contributed by atoms with van der Waals surface area (Å²) in [4.78, 5) is 0.310. The van der Waals surface area contributed by atoms with Crippen LogP contribution in [0.5, 0.6) is 11.5 Å². The highest BCUT2D eigenvalue weighted by Gasteiger charge is 2.27. The minimum atomic E-state index is -0.280. The second-order valence-corrected chi connectivity index (χ2v) is 14.6. The summed E-state index contributed by atoms with van der Waals surface area (Å²) in [5.74, 6) is 1.55. The normalized spacial score (nSPS) is 13.4. The summed E-state index contributed by atoms with van der Waals surface area (Å²) >= 11 is 25.4. The van der Waals surface area contributed by atoms with Gasteiger partial charge in [-0.3, -0.25) is 0 Å². The third kappa shape index (κ3) is 8.84. The van der Waals surface area contributed by atoms with Crippen LogP contribution in [0, 0.1) is 0 Å². The summed E-state index contributed by atoms with van der Waals surface area (Å²) in [6, 6.07) is 8.44. The van der Waals surface area contributed by atoms with E-state index in [0.717, 1.165) is 45.8 Å². The van der Waals surface area contributed by atoms with E-state index in [9.17, 15) is 0 Å². The molecular weight excluding hydrogens is 896 g/mol. The molecule has 0 aliphatic rings. The second-order valence-electron chi connectivity index (χ2n) is 7.96. The van der Waals surface area contributed by atoms with E-state index in [4.69, 9.17) is 14.2 Å². The predicted molar refractivity (Wildman–Crippen MR) is 167 cm³/mol. The van der Waals surface area contributed by atoms with Crippen molar-refractivity contribution in [2.75, 3.05) is 31.8 Å². The van der Waals surface area contributed by atoms with E-state index in [-0.39, 0.29) is 15.1 Å². The van der Waals surface area contributed by atoms with E-state index in [1.807, 2.05) is 0 Å². The first-order valence-electron chi connectivity index (χ1n) is 10.3. The second kappa shape index (κ2) is 14.9. The molecule has 0 saturated heterocycles. The minimum absolute atomic E-state index is 0.0761. The topological polar surface area (TPSA) is 27.7 Å². The van der Waals surface area contributed by atoms with E-state index < -0.39 is 0 Å². The fourth-order valence-electron chi connectivity index (χ4n) is 3.00. The van der Waals surface area contributed by atoms with Gasteiger partial charge in [-0.15, -0.1) is 6.58 Å². The quantitative estimate of drug-likeness (QED) is 0.114. The van der Waals surface area contributed by atoms with Gasteiger partial charge in [0.2, 0.25) is 0 Å². The molecule has 0 N–H and O–H groups in total. The van der Waals surface area contributed by atoms with Gasteiger partial charge in [0.05, 0.1) is 40.8 Å². The van der Waals surface area contributed by atoms with Crippen molar-refractivity contribution in [3.05, 3.63) is 65.9 Å². The Morgan fingerprint density at radius 3 is 1.59 bits per heavy atom. The van der Waals surface area contributed by atoms with Crippen molar-refractivity contribution in [2.24, 2.45) is 0 Å². The zero-order valence-corrected chi connectivity index (χ0v) is 29.8. The standard InChI is InChI=1S/C24H25Br7O3/c1-4-5-32-11-17(27)13-34-23-20(30)8-15(9-21(23)31)24(2,3)14-6-18(28)22(19(29)7-14)33-12-16(26)10-25/h4,6-9,16-17H,1,5,10-13H2,2-3H3. The highest BCUT2D eigenvalue weighted by atomic mass is 79.9. The molecule has 0 fully saturated rings. The zero-order chi connectivity index (χ0) is 25.5. The van der Waals surface area contributed by atoms with Crippen molar-refractivity contribution in [2.45, 2.75) is 28.9 Å². The molecule has 2 unspecified atom stereocenters. The highest BCUT2D eigenvalue weighted by Crippen LogP contribution is 2.44. The van der Waals surface area contributed by atoms with Crippen LogP contribution in [-0.4, -0.2) is 41.4 Å². The predicted octanol–water partition coefficient (Wildman–Crippen LogP) is 9.94. The summed E-state index contributed by atoms with van der Waals surface area (Å²) in [5.41, 5.74) is 2.00. The molecule has 3 nitrogen and oxygen atoms in total. The average Bonchev–Trinajstić information content (AvgIpc) is 2.77. The number of hydrogen-bond donors (Lipinski definition) is 0. The molecular formula is C24H25Br7O3. The van der Waals surface area contributed by atoms with Crippen molar-refractivity contribution < 1.29 is 14.2 Å². The largest absolute Gasteiger partial charge is 0.490 e. The fraction of sp³-hybridized carbons (Fsp3) is 0.417. The first-order valence-corrected chi connectivity index (χ1v) is 16.4. The molecule has 0 heterocycles. The number of ether oxygens (including phenoxy) is 3. The van der Waals surface area contributed by atoms with Crippen molar-refractivity contribution in [3.8, 4) is 11.5 Å². The molecule has 2 atom stereocenters. The van der Waals surface area contributed by atoms with E-state index in [2.05, 4.69) is 156 Å². The first-order chi connectivity index (χ1) is 16.0. The Labute approximate surface area is 261 Å². The molecule has 34 heavy (non-hydrogen) atoms. The third-order valence-electron chi connectivity index (χ3n) is 4.96. The van der Waals surface area contributed by atoms with Crippen molar-refractivity contribution in [3.63, 3.8) is 0 Å². The van der Waals surface area contributed by atoms with Gasteiger partial charge in [-0.25, -0.2) is 0 Å². The summed E-state index contributed by atoms with van der Waals surface area (Å²) in [6.45, 7) is 10.1. The van der Waals surface area contributed by atoms with Gasteiger partial charge in [0.25, 0.3) is 0 Å². The first kappa shape index (κ1) is 31.3. The molecule has 0 saturated carbocycles. The Balaban J connectivity index is 2.23. The molecule has 10 heteroatoms. The molecule has 0 spiro atoms. The fourth-order valence-corrected chi connectivity index (χ4v) is 6.47. The lowest BCUT2D eigenvalue weighted by molar-refractivity contribution is 0.149. The molecule has 0 aliphatic carbocycles. The Morgan fingerprint density at radius 2 is 1.21 bits per heavy atom. The molecule has 2 aromatic carbocycles. The Kier molecular flexibility index (Phi) is 13.7. The lowest BCUT2D eigenvalue weighted by atomic mass is 9.78. The van der Waals surface area contributed by atoms with Gasteiger partial charge in [-0.1, -0.05) is 67.7 Å². The van der Waals surface area contributed by atoms with Gasteiger partial charge in [0, 0.05) is 10.7 Å². The zero-order valence-electron chi connectivity index (χ0n) is 18.7. The monoisotopic (exact) mass is 914 g/mol. The molecule has 0 aromatic heterocycles. The van der Waals surface area contributed by atoms with Gasteiger partial charge in [-0.05, 0) is 99.1 Å². The van der Waals surface area contributed by atoms with Gasteiger partial charge < -0.3 is 14.2 Å². The van der Waals surface area contributed by atoms with E-state index >= 15 is 0 Å². The smallest absolute Gasteiger partial charge is 0.147 e. The van der Waals surface area contributed by atoms with Crippen LogP contribution in [-0.2, 0) is 10.2 Å². The van der Waals surface area contributed by atoms with Crippen molar-refractivity contribution in [1.29, 1.82) is 0 Å². The molecule has 188 valence electrons. The van der Waals surface area contributed by atoms with Gasteiger partial charge in [0.1, 0.15) is 24.7 Å². The van der Waals surface area contributed by atoms with Crippen LogP contribution in [0.2, 0.25) is 0 Å². The summed E-state index contributed by atoms with van der Waals surface area (Å²) < 4.78 is 21.1. The van der Waals surface area contributed by atoms with E-state index in [1.165, 1.54) is 0 Å². The van der Waals surface area contributed by atoms with Crippen molar-refractivity contribution >= 4 is 112 Å². The van der Waals surface area contributed by atoms with Gasteiger partial charge in [-0.2, -0.15) is 0 Å². The van der Waals surface area contributed by atoms with Crippen LogP contribution >= 0.6 is 112 Å². The Morgan fingerprint density at radius 1 is 0.794 bits per heavy atom. The number of benzene rings is 2. The van der Waals surface area contributed by atoms with Crippen LogP contribution in [0.4, 0.5) is 0 Å². The van der Waals surface area contributed by atoms with E-state index in [0.29, 0.717) is 26.4 Å². The molecule has 2 rings (SSSR count). The average molecular weight is 921 g/mol. The SMILES string of the molecule is C=CCOCC(Br)COc1c(Br)cc(C(C)(C)c2cc(Br)c(OCC(Br)CBr)c(Br)c2)cc1Br. The Hall–Kier alpha value is 1.10. The number of rotatable bonds is 13. The molecule has 2 aromatic rings. The van der Waals surface area contributed by atoms with Gasteiger partial charge in [0.15, 0.2) is 0 Å². The molecule has 0 aliphatic heterocycles. The summed E-state index contributed by atoms with van der Waals surface area (Å²) in [7, 11) is 0. The van der Waals surface area contributed by atoms with Crippen LogP contribution in [0.15, 0.2) is 54.8 Å². The molecule has 0 radical (unpaired) electrons. The lowest BCUT2D eigenvalue weighted by Gasteiger charge is -2.28. The lowest BCUT2D eigenvalue weighted by Crippen LogP contribution is -2.20. The number of hydrogen-bond acceptors (Lipinski definition) is 3. The van der Waals surface area contributed by atoms with Crippen molar-refractivity contribution in [1.82, 2.24) is 0 Å². The molecule has 0 bridgehead atoms. The maximum atomic E-state index is 6.06. The van der Waals surface area contributed by atoms with E-state index in [1.54, 1.807) is 6.08 Å². The number of alkyl halides is 3. The maximum Gasteiger partial charge on any atom is 0.147 e. The maximum absolute atomic E-state index is 6.06. The van der Waals surface area contributed by atoms with Crippen LogP contribution < -0.4 is 9.47 Å². The van der Waals surface area contributed by atoms with Crippen LogP contribution in [0.1, 0.15) is 25.0 Å². The third-order valence-corrected chi connectivity index (χ3v) is 10.1. The van der Waals surface area contributed by atoms with Crippen LogP contribution in [0.25, 0.3) is 0 Å². The highest BCUT2D eigenvalue weighted by molar-refractivity contribution is 9.12. The Bertz CT molecular complexity index is 935. The molecule has 0 amide bonds.